The molecule has 0 bridgehead atoms. The van der Waals surface area contributed by atoms with Crippen LogP contribution in [0.15, 0.2) is 18.2 Å². The molecule has 1 heteroatoms. The topological polar surface area (TPSA) is 0 Å². The second kappa shape index (κ2) is 6.32. The molecule has 0 amide bonds. The van der Waals surface area contributed by atoms with Crippen LogP contribution in [0.4, 0.5) is 0 Å². The van der Waals surface area contributed by atoms with Gasteiger partial charge in [0.05, 0.1) is 0 Å². The lowest BCUT2D eigenvalue weighted by Crippen LogP contribution is -2.11. The molecule has 0 spiro atoms. The third kappa shape index (κ3) is 4.83. The minimum absolute atomic E-state index is 0.253. The Morgan fingerprint density at radius 1 is 1.07 bits per heavy atom. The molecule has 0 saturated heterocycles. The standard InChI is InChI=1S/C12H17Br.C2H6/c1-9-5-10(8-13)7-11(6-9)12(2,3)4;1-2/h5-7H,8H2,1-4H3;1-2H3. The maximum atomic E-state index is 3.49. The molecule has 0 radical (unpaired) electrons. The van der Waals surface area contributed by atoms with Crippen LogP contribution < -0.4 is 0 Å². The fourth-order valence-electron chi connectivity index (χ4n) is 1.37. The zero-order chi connectivity index (χ0) is 12.1. The van der Waals surface area contributed by atoms with Crippen LogP contribution >= 0.6 is 15.9 Å². The molecular weight excluding hydrogens is 248 g/mol. The van der Waals surface area contributed by atoms with E-state index >= 15 is 0 Å². The average Bonchev–Trinajstić information content (AvgIpc) is 2.18. The highest BCUT2D eigenvalue weighted by molar-refractivity contribution is 9.08. The average molecular weight is 271 g/mol. The Hall–Kier alpha value is -0.300. The summed E-state index contributed by atoms with van der Waals surface area (Å²) in [4.78, 5) is 0. The number of rotatable bonds is 1. The Morgan fingerprint density at radius 2 is 1.60 bits per heavy atom. The minimum Gasteiger partial charge on any atom is -0.0876 e. The van der Waals surface area contributed by atoms with Gasteiger partial charge >= 0.3 is 0 Å². The molecule has 0 aliphatic rings. The predicted molar refractivity (Wildman–Crippen MR) is 73.9 cm³/mol. The van der Waals surface area contributed by atoms with E-state index in [0.717, 1.165) is 5.33 Å². The van der Waals surface area contributed by atoms with Gasteiger partial charge in [0.25, 0.3) is 0 Å². The number of halogens is 1. The van der Waals surface area contributed by atoms with E-state index in [4.69, 9.17) is 0 Å². The first-order valence-electron chi connectivity index (χ1n) is 5.60. The van der Waals surface area contributed by atoms with Crippen molar-refractivity contribution in [2.45, 2.75) is 52.3 Å². The maximum Gasteiger partial charge on any atom is 0.0283 e. The summed E-state index contributed by atoms with van der Waals surface area (Å²) in [5.41, 5.74) is 4.39. The van der Waals surface area contributed by atoms with Gasteiger partial charge in [-0.3, -0.25) is 0 Å². The summed E-state index contributed by atoms with van der Waals surface area (Å²) in [6.45, 7) is 12.9. The van der Waals surface area contributed by atoms with Gasteiger partial charge in [-0.05, 0) is 23.5 Å². The fourth-order valence-corrected chi connectivity index (χ4v) is 1.70. The van der Waals surface area contributed by atoms with Gasteiger partial charge in [-0.25, -0.2) is 0 Å². The van der Waals surface area contributed by atoms with E-state index in [2.05, 4.69) is 61.8 Å². The second-order valence-corrected chi connectivity index (χ2v) is 5.15. The van der Waals surface area contributed by atoms with Crippen LogP contribution in [0.25, 0.3) is 0 Å². The first-order chi connectivity index (χ1) is 6.93. The first kappa shape index (κ1) is 14.7. The Morgan fingerprint density at radius 3 is 2.00 bits per heavy atom. The Kier molecular flexibility index (Phi) is 6.19. The van der Waals surface area contributed by atoms with Crippen molar-refractivity contribution in [3.8, 4) is 0 Å². The summed E-state index contributed by atoms with van der Waals surface area (Å²) < 4.78 is 0. The van der Waals surface area contributed by atoms with Crippen LogP contribution in [-0.4, -0.2) is 0 Å². The minimum atomic E-state index is 0.253. The van der Waals surface area contributed by atoms with Crippen molar-refractivity contribution in [3.05, 3.63) is 34.9 Å². The van der Waals surface area contributed by atoms with E-state index < -0.39 is 0 Å². The van der Waals surface area contributed by atoms with Crippen LogP contribution in [0.2, 0.25) is 0 Å². The zero-order valence-corrected chi connectivity index (χ0v) is 12.4. The summed E-state index contributed by atoms with van der Waals surface area (Å²) in [6, 6.07) is 6.78. The van der Waals surface area contributed by atoms with E-state index in [1.54, 1.807) is 0 Å². The summed E-state index contributed by atoms with van der Waals surface area (Å²) >= 11 is 3.49. The predicted octanol–water partition coefficient (Wildman–Crippen LogP) is 5.21. The van der Waals surface area contributed by atoms with E-state index in [1.807, 2.05) is 13.8 Å². The molecule has 0 fully saturated rings. The molecular formula is C14H23Br. The lowest BCUT2D eigenvalue weighted by molar-refractivity contribution is 0.589. The van der Waals surface area contributed by atoms with Crippen molar-refractivity contribution in [3.63, 3.8) is 0 Å². The highest BCUT2D eigenvalue weighted by atomic mass is 79.9. The number of alkyl halides is 1. The van der Waals surface area contributed by atoms with Crippen LogP contribution in [-0.2, 0) is 10.7 Å². The van der Waals surface area contributed by atoms with Gasteiger partial charge in [0, 0.05) is 5.33 Å². The number of hydrogen-bond donors (Lipinski definition) is 0. The zero-order valence-electron chi connectivity index (χ0n) is 10.8. The highest BCUT2D eigenvalue weighted by Gasteiger charge is 2.14. The largest absolute Gasteiger partial charge is 0.0876 e. The van der Waals surface area contributed by atoms with Crippen molar-refractivity contribution in [1.82, 2.24) is 0 Å². The number of benzene rings is 1. The van der Waals surface area contributed by atoms with E-state index in [-0.39, 0.29) is 5.41 Å². The normalized spacial score (nSPS) is 10.6. The van der Waals surface area contributed by atoms with Crippen LogP contribution in [0, 0.1) is 6.92 Å². The molecule has 0 unspecified atom stereocenters. The van der Waals surface area contributed by atoms with Gasteiger partial charge in [-0.2, -0.15) is 0 Å². The van der Waals surface area contributed by atoms with Crippen LogP contribution in [0.1, 0.15) is 51.3 Å². The van der Waals surface area contributed by atoms with Crippen molar-refractivity contribution >= 4 is 15.9 Å². The molecule has 15 heavy (non-hydrogen) atoms. The lowest BCUT2D eigenvalue weighted by atomic mass is 9.85. The van der Waals surface area contributed by atoms with Crippen LogP contribution in [0.5, 0.6) is 0 Å². The van der Waals surface area contributed by atoms with Crippen molar-refractivity contribution in [2.24, 2.45) is 0 Å². The summed E-state index contributed by atoms with van der Waals surface area (Å²) in [6.07, 6.45) is 0. The quantitative estimate of drug-likeness (QED) is 0.615. The molecule has 1 rings (SSSR count). The molecule has 0 heterocycles. The van der Waals surface area contributed by atoms with Gasteiger partial charge < -0.3 is 0 Å². The summed E-state index contributed by atoms with van der Waals surface area (Å²) in [5.74, 6) is 0. The number of aryl methyl sites for hydroxylation is 1. The monoisotopic (exact) mass is 270 g/mol. The Balaban J connectivity index is 0.000000921. The van der Waals surface area contributed by atoms with E-state index in [1.165, 1.54) is 16.7 Å². The van der Waals surface area contributed by atoms with Crippen molar-refractivity contribution < 1.29 is 0 Å². The van der Waals surface area contributed by atoms with E-state index in [0.29, 0.717) is 0 Å². The van der Waals surface area contributed by atoms with Gasteiger partial charge in [0.15, 0.2) is 0 Å². The SMILES string of the molecule is CC.Cc1cc(CBr)cc(C(C)(C)C)c1. The molecule has 0 atom stereocenters. The third-order valence-corrected chi connectivity index (χ3v) is 2.80. The molecule has 0 nitrogen and oxygen atoms in total. The highest BCUT2D eigenvalue weighted by Crippen LogP contribution is 2.25. The molecule has 1 aromatic carbocycles. The molecule has 0 N–H and O–H groups in total. The van der Waals surface area contributed by atoms with Gasteiger partial charge in [-0.15, -0.1) is 0 Å². The number of hydrogen-bond acceptors (Lipinski definition) is 0. The maximum absolute atomic E-state index is 3.49. The van der Waals surface area contributed by atoms with Crippen molar-refractivity contribution in [1.29, 1.82) is 0 Å². The smallest absolute Gasteiger partial charge is 0.0283 e. The molecule has 86 valence electrons. The summed E-state index contributed by atoms with van der Waals surface area (Å²) in [7, 11) is 0. The molecule has 0 saturated carbocycles. The Labute approximate surface area is 103 Å². The molecule has 1 aromatic rings. The van der Waals surface area contributed by atoms with Gasteiger partial charge in [-0.1, -0.05) is 74.3 Å². The third-order valence-electron chi connectivity index (χ3n) is 2.16. The molecule has 0 aromatic heterocycles. The molecule has 0 aliphatic carbocycles. The molecule has 0 aliphatic heterocycles. The van der Waals surface area contributed by atoms with Gasteiger partial charge in [0.2, 0.25) is 0 Å². The van der Waals surface area contributed by atoms with Crippen molar-refractivity contribution in [2.75, 3.05) is 0 Å². The Bertz CT molecular complexity index is 295. The second-order valence-electron chi connectivity index (χ2n) is 4.59. The fraction of sp³-hybridized carbons (Fsp3) is 0.571. The van der Waals surface area contributed by atoms with Gasteiger partial charge in [0.1, 0.15) is 0 Å². The lowest BCUT2D eigenvalue weighted by Gasteiger charge is -2.20. The van der Waals surface area contributed by atoms with E-state index in [9.17, 15) is 0 Å². The first-order valence-corrected chi connectivity index (χ1v) is 6.72. The summed E-state index contributed by atoms with van der Waals surface area (Å²) in [5, 5.41) is 0.942. The van der Waals surface area contributed by atoms with Crippen LogP contribution in [0.3, 0.4) is 0 Å².